The second-order valence-corrected chi connectivity index (χ2v) is 12.8. The number of carbonyl (C=O) groups excluding carboxylic acids is 2. The lowest BCUT2D eigenvalue weighted by Gasteiger charge is -2.35. The van der Waals surface area contributed by atoms with Crippen LogP contribution in [0.2, 0.25) is 0 Å². The highest BCUT2D eigenvalue weighted by atomic mass is 19.1. The van der Waals surface area contributed by atoms with E-state index in [4.69, 9.17) is 16.3 Å². The molecule has 5 aromatic rings. The smallest absolute Gasteiger partial charge is 0.270 e. The summed E-state index contributed by atoms with van der Waals surface area (Å²) < 4.78 is 24.4. The van der Waals surface area contributed by atoms with Crippen LogP contribution < -0.4 is 21.2 Å². The van der Waals surface area contributed by atoms with Crippen molar-refractivity contribution < 1.29 is 18.7 Å². The molecule has 1 fully saturated rings. The van der Waals surface area contributed by atoms with Gasteiger partial charge in [-0.2, -0.15) is 0 Å². The second-order valence-electron chi connectivity index (χ2n) is 12.8. The van der Waals surface area contributed by atoms with Crippen molar-refractivity contribution in [1.82, 2.24) is 34.3 Å². The Labute approximate surface area is 294 Å². The first-order chi connectivity index (χ1) is 24.8. The first-order valence-corrected chi connectivity index (χ1v) is 16.9. The first kappa shape index (κ1) is 33.6. The van der Waals surface area contributed by atoms with Crippen LogP contribution in [0.1, 0.15) is 28.9 Å². The van der Waals surface area contributed by atoms with E-state index >= 15 is 4.39 Å². The normalized spacial score (nSPS) is 15.2. The number of aryl methyl sites for hydroxylation is 1. The predicted octanol–water partition coefficient (Wildman–Crippen LogP) is 3.84. The lowest BCUT2D eigenvalue weighted by Crippen LogP contribution is -2.48. The Hall–Kier alpha value is -5.89. The molecule has 0 atom stereocenters. The minimum absolute atomic E-state index is 0.0884. The molecule has 0 saturated carbocycles. The molecule has 0 bridgehead atoms. The Morgan fingerprint density at radius 3 is 2.65 bits per heavy atom. The van der Waals surface area contributed by atoms with Gasteiger partial charge < -0.3 is 39.7 Å². The van der Waals surface area contributed by atoms with Gasteiger partial charge in [-0.25, -0.2) is 20.2 Å². The minimum Gasteiger partial charge on any atom is -0.496 e. The number of methoxy groups -OCH3 is 1. The maximum Gasteiger partial charge on any atom is 0.270 e. The Morgan fingerprint density at radius 2 is 1.86 bits per heavy atom. The van der Waals surface area contributed by atoms with E-state index in [9.17, 15) is 9.59 Å². The Morgan fingerprint density at radius 1 is 1.06 bits per heavy atom. The zero-order valence-corrected chi connectivity index (χ0v) is 28.7. The summed E-state index contributed by atoms with van der Waals surface area (Å²) in [6.07, 6.45) is 10.9. The number of piperazine rings is 1. The van der Waals surface area contributed by atoms with E-state index in [1.807, 2.05) is 54.3 Å². The van der Waals surface area contributed by atoms with Gasteiger partial charge in [0.1, 0.15) is 23.4 Å². The largest absolute Gasteiger partial charge is 0.496 e. The molecule has 3 aromatic heterocycles. The quantitative estimate of drug-likeness (QED) is 0.154. The van der Waals surface area contributed by atoms with Gasteiger partial charge in [0, 0.05) is 101 Å². The summed E-state index contributed by atoms with van der Waals surface area (Å²) in [6.45, 7) is 3.30. The zero-order valence-electron chi connectivity index (χ0n) is 28.7. The van der Waals surface area contributed by atoms with Crippen molar-refractivity contribution in [3.63, 3.8) is 0 Å². The van der Waals surface area contributed by atoms with Crippen LogP contribution in [0.15, 0.2) is 73.6 Å². The molecule has 51 heavy (non-hydrogen) atoms. The maximum absolute atomic E-state index is 16.7. The summed E-state index contributed by atoms with van der Waals surface area (Å²) in [4.78, 5) is 44.6. The molecule has 264 valence electrons. The van der Waals surface area contributed by atoms with Crippen molar-refractivity contribution in [2.75, 3.05) is 57.8 Å². The molecule has 2 aromatic carbocycles. The van der Waals surface area contributed by atoms with Crippen molar-refractivity contribution >= 4 is 45.0 Å². The Bertz CT molecular complexity index is 2160. The Kier molecular flexibility index (Phi) is 9.32. The van der Waals surface area contributed by atoms with Crippen LogP contribution in [-0.2, 0) is 11.8 Å². The zero-order chi connectivity index (χ0) is 35.6. The molecule has 0 aliphatic carbocycles. The van der Waals surface area contributed by atoms with E-state index in [1.54, 1.807) is 29.0 Å². The number of para-hydroxylation sites is 1. The molecule has 1 saturated heterocycles. The van der Waals surface area contributed by atoms with E-state index < -0.39 is 5.82 Å². The van der Waals surface area contributed by atoms with Crippen LogP contribution in [-0.4, -0.2) is 99.1 Å². The SMILES string of the molecule is COc1ccccc1-c1cc(C2=CCCN(C(=O)CCN(N)/C=C\N)C2)c(F)c2[nH]c(C(=O)N3CCN(c4cn(C)c5ncncc45)CC3)cc12. The standard InChI is InChI=1S/C37H41FN10O3/c1-44-22-31(29-20-41-23-42-36(29)44)45-14-16-46(17-15-45)37(50)30-19-28-27(25-7-3-4-8-32(25)51-2)18-26(34(38)35(28)43-30)24-6-5-11-47(21-24)33(49)9-12-48(40)13-10-39/h3-4,6-8,10,13,18-20,22-23,43H,5,9,11-12,14-17,21,39-40H2,1-2H3/b13-10-. The lowest BCUT2D eigenvalue weighted by atomic mass is 9.93. The number of fused-ring (bicyclic) bond motifs is 2. The van der Waals surface area contributed by atoms with Crippen molar-refractivity contribution in [2.45, 2.75) is 12.8 Å². The topological polar surface area (TPSA) is 155 Å². The lowest BCUT2D eigenvalue weighted by molar-refractivity contribution is -0.130. The van der Waals surface area contributed by atoms with Gasteiger partial charge >= 0.3 is 0 Å². The monoisotopic (exact) mass is 692 g/mol. The molecular formula is C37H41FN10O3. The molecule has 2 aliphatic heterocycles. The average Bonchev–Trinajstić information content (AvgIpc) is 3.76. The number of nitrogens with zero attached hydrogens (tertiary/aromatic N) is 7. The number of amides is 2. The number of nitrogens with one attached hydrogen (secondary N) is 1. The highest BCUT2D eigenvalue weighted by molar-refractivity contribution is 6.05. The molecule has 0 unspecified atom stereocenters. The van der Waals surface area contributed by atoms with Crippen molar-refractivity contribution in [1.29, 1.82) is 0 Å². The van der Waals surface area contributed by atoms with Crippen molar-refractivity contribution in [3.8, 4) is 16.9 Å². The molecule has 7 rings (SSSR count). The van der Waals surface area contributed by atoms with Gasteiger partial charge in [0.15, 0.2) is 5.82 Å². The summed E-state index contributed by atoms with van der Waals surface area (Å²) in [5.74, 6) is 5.70. The molecule has 0 radical (unpaired) electrons. The third kappa shape index (κ3) is 6.45. The molecule has 5 N–H and O–H groups in total. The van der Waals surface area contributed by atoms with Gasteiger partial charge in [-0.15, -0.1) is 0 Å². The first-order valence-electron chi connectivity index (χ1n) is 16.9. The highest BCUT2D eigenvalue weighted by Gasteiger charge is 2.29. The fourth-order valence-corrected chi connectivity index (χ4v) is 7.09. The average molecular weight is 693 g/mol. The van der Waals surface area contributed by atoms with Gasteiger partial charge in [0.05, 0.1) is 23.7 Å². The van der Waals surface area contributed by atoms with Crippen LogP contribution in [0, 0.1) is 5.82 Å². The number of carbonyl (C=O) groups is 2. The van der Waals surface area contributed by atoms with E-state index in [0.717, 1.165) is 22.3 Å². The predicted molar refractivity (Wildman–Crippen MR) is 195 cm³/mol. The van der Waals surface area contributed by atoms with Crippen molar-refractivity contribution in [2.24, 2.45) is 18.6 Å². The third-order valence-corrected chi connectivity index (χ3v) is 9.72. The summed E-state index contributed by atoms with van der Waals surface area (Å²) in [7, 11) is 3.55. The second kappa shape index (κ2) is 14.2. The number of H-pyrrole nitrogens is 1. The number of aromatic nitrogens is 4. The third-order valence-electron chi connectivity index (χ3n) is 9.72. The van der Waals surface area contributed by atoms with Crippen molar-refractivity contribution in [3.05, 3.63) is 90.7 Å². The number of anilines is 1. The minimum atomic E-state index is -0.479. The number of halogens is 1. The van der Waals surface area contributed by atoms with Crippen LogP contribution >= 0.6 is 0 Å². The number of hydrogen-bond acceptors (Lipinski definition) is 9. The number of hydrazine groups is 1. The Balaban J connectivity index is 1.18. The fraction of sp³-hybridized carbons (Fsp3) is 0.297. The van der Waals surface area contributed by atoms with Crippen LogP contribution in [0.4, 0.5) is 10.1 Å². The van der Waals surface area contributed by atoms with E-state index in [1.165, 1.54) is 23.7 Å². The summed E-state index contributed by atoms with van der Waals surface area (Å²) in [5, 5.41) is 2.89. The summed E-state index contributed by atoms with van der Waals surface area (Å²) in [5.41, 5.74) is 10.3. The van der Waals surface area contributed by atoms with E-state index in [0.29, 0.717) is 79.2 Å². The number of ether oxygens (including phenoxy) is 1. The van der Waals surface area contributed by atoms with Crippen LogP contribution in [0.3, 0.4) is 0 Å². The van der Waals surface area contributed by atoms with Crippen LogP contribution in [0.25, 0.3) is 38.6 Å². The molecule has 14 heteroatoms. The number of benzene rings is 2. The molecular weight excluding hydrogens is 651 g/mol. The van der Waals surface area contributed by atoms with Gasteiger partial charge in [0.25, 0.3) is 5.91 Å². The molecule has 13 nitrogen and oxygen atoms in total. The highest BCUT2D eigenvalue weighted by Crippen LogP contribution is 2.40. The van der Waals surface area contributed by atoms with Crippen LogP contribution in [0.5, 0.6) is 5.75 Å². The van der Waals surface area contributed by atoms with E-state index in [-0.39, 0.29) is 30.3 Å². The molecule has 2 amide bonds. The number of nitrogens with two attached hydrogens (primary N) is 2. The molecule has 0 spiro atoms. The van der Waals surface area contributed by atoms with Gasteiger partial charge in [-0.1, -0.05) is 24.3 Å². The fourth-order valence-electron chi connectivity index (χ4n) is 7.09. The number of rotatable bonds is 9. The summed E-state index contributed by atoms with van der Waals surface area (Å²) in [6, 6.07) is 11.1. The van der Waals surface area contributed by atoms with Gasteiger partial charge in [-0.05, 0) is 35.8 Å². The molecule has 5 heterocycles. The van der Waals surface area contributed by atoms with Gasteiger partial charge in [0.2, 0.25) is 5.91 Å². The number of aromatic amines is 1. The summed E-state index contributed by atoms with van der Waals surface area (Å²) >= 11 is 0. The molecule has 2 aliphatic rings. The number of hydrogen-bond donors (Lipinski definition) is 3. The van der Waals surface area contributed by atoms with Gasteiger partial charge in [-0.3, -0.25) is 9.59 Å². The maximum atomic E-state index is 16.7. The van der Waals surface area contributed by atoms with E-state index in [2.05, 4.69) is 19.9 Å².